The normalized spacial score (nSPS) is 20.4. The molecular weight excluding hydrogens is 220 g/mol. The minimum atomic E-state index is 0.848. The van der Waals surface area contributed by atoms with E-state index in [4.69, 9.17) is 0 Å². The Balaban J connectivity index is 1.73. The molecule has 2 heterocycles. The summed E-state index contributed by atoms with van der Waals surface area (Å²) in [5.41, 5.74) is 0. The zero-order valence-electron chi connectivity index (χ0n) is 9.85. The quantitative estimate of drug-likeness (QED) is 0.819. The Morgan fingerprint density at radius 1 is 1.62 bits per heavy atom. The van der Waals surface area contributed by atoms with Gasteiger partial charge in [0.2, 0.25) is 0 Å². The van der Waals surface area contributed by atoms with Gasteiger partial charge in [-0.3, -0.25) is 0 Å². The Morgan fingerprint density at radius 3 is 3.31 bits per heavy atom. The predicted molar refractivity (Wildman–Crippen MR) is 67.5 cm³/mol. The molecule has 0 spiro atoms. The van der Waals surface area contributed by atoms with E-state index >= 15 is 0 Å². The summed E-state index contributed by atoms with van der Waals surface area (Å²) in [5.74, 6) is 4.56. The monoisotopic (exact) mass is 240 g/mol. The zero-order valence-corrected chi connectivity index (χ0v) is 10.7. The van der Waals surface area contributed by atoms with Crippen LogP contribution >= 0.6 is 11.8 Å². The summed E-state index contributed by atoms with van der Waals surface area (Å²) in [6.07, 6.45) is 4.12. The van der Waals surface area contributed by atoms with E-state index in [2.05, 4.69) is 34.1 Å². The molecule has 0 saturated carbocycles. The number of thioether (sulfide) groups is 1. The summed E-state index contributed by atoms with van der Waals surface area (Å²) in [6, 6.07) is 0. The van der Waals surface area contributed by atoms with Crippen LogP contribution in [-0.2, 0) is 13.1 Å². The second kappa shape index (κ2) is 6.25. The van der Waals surface area contributed by atoms with E-state index in [9.17, 15) is 0 Å². The van der Waals surface area contributed by atoms with Gasteiger partial charge in [0.05, 0.1) is 6.54 Å². The van der Waals surface area contributed by atoms with Crippen LogP contribution in [0.2, 0.25) is 0 Å². The first-order valence-electron chi connectivity index (χ1n) is 6.05. The molecule has 5 heteroatoms. The minimum absolute atomic E-state index is 0.848. The molecule has 0 aliphatic carbocycles. The highest BCUT2D eigenvalue weighted by atomic mass is 32.2. The van der Waals surface area contributed by atoms with Gasteiger partial charge in [-0.25, -0.2) is 9.67 Å². The third-order valence-corrected chi connectivity index (χ3v) is 4.10. The van der Waals surface area contributed by atoms with E-state index in [1.807, 2.05) is 4.68 Å². The first-order chi connectivity index (χ1) is 7.90. The number of aryl methyl sites for hydroxylation is 1. The van der Waals surface area contributed by atoms with Crippen molar-refractivity contribution in [1.29, 1.82) is 0 Å². The standard InChI is InChI=1S/C11H20N4S/c1-2-4-15-11(13-9-14-15)7-12-6-10-3-5-16-8-10/h9-10,12H,2-8H2,1H3. The Hall–Kier alpha value is -0.550. The molecule has 16 heavy (non-hydrogen) atoms. The Morgan fingerprint density at radius 2 is 2.56 bits per heavy atom. The van der Waals surface area contributed by atoms with Gasteiger partial charge >= 0.3 is 0 Å². The van der Waals surface area contributed by atoms with Gasteiger partial charge in [0.1, 0.15) is 12.2 Å². The lowest BCUT2D eigenvalue weighted by Crippen LogP contribution is -2.24. The molecule has 1 N–H and O–H groups in total. The van der Waals surface area contributed by atoms with Crippen molar-refractivity contribution in [3.8, 4) is 0 Å². The fourth-order valence-electron chi connectivity index (χ4n) is 1.96. The number of aromatic nitrogens is 3. The summed E-state index contributed by atoms with van der Waals surface area (Å²) >= 11 is 2.07. The maximum Gasteiger partial charge on any atom is 0.140 e. The van der Waals surface area contributed by atoms with Gasteiger partial charge in [-0.15, -0.1) is 0 Å². The predicted octanol–water partition coefficient (Wildman–Crippen LogP) is 1.53. The second-order valence-electron chi connectivity index (χ2n) is 4.26. The van der Waals surface area contributed by atoms with Gasteiger partial charge in [-0.1, -0.05) is 6.92 Å². The van der Waals surface area contributed by atoms with E-state index in [1.165, 1.54) is 17.9 Å². The van der Waals surface area contributed by atoms with Crippen LogP contribution in [0.5, 0.6) is 0 Å². The van der Waals surface area contributed by atoms with Crippen molar-refractivity contribution in [3.05, 3.63) is 12.2 Å². The third kappa shape index (κ3) is 3.22. The van der Waals surface area contributed by atoms with Gasteiger partial charge < -0.3 is 5.32 Å². The second-order valence-corrected chi connectivity index (χ2v) is 5.41. The van der Waals surface area contributed by atoms with Crippen LogP contribution in [0.4, 0.5) is 0 Å². The van der Waals surface area contributed by atoms with E-state index in [0.717, 1.165) is 37.8 Å². The van der Waals surface area contributed by atoms with Crippen molar-refractivity contribution >= 4 is 11.8 Å². The molecule has 2 rings (SSSR count). The molecule has 90 valence electrons. The molecule has 1 aromatic heterocycles. The van der Waals surface area contributed by atoms with Crippen LogP contribution in [0.25, 0.3) is 0 Å². The van der Waals surface area contributed by atoms with Crippen LogP contribution in [0.1, 0.15) is 25.6 Å². The number of nitrogens with one attached hydrogen (secondary N) is 1. The Bertz CT molecular complexity index is 307. The van der Waals surface area contributed by atoms with Crippen LogP contribution in [0.3, 0.4) is 0 Å². The van der Waals surface area contributed by atoms with E-state index < -0.39 is 0 Å². The van der Waals surface area contributed by atoms with Gasteiger partial charge in [-0.2, -0.15) is 16.9 Å². The fourth-order valence-corrected chi connectivity index (χ4v) is 3.24. The van der Waals surface area contributed by atoms with Crippen molar-refractivity contribution in [1.82, 2.24) is 20.1 Å². The molecule has 1 unspecified atom stereocenters. The van der Waals surface area contributed by atoms with Gasteiger partial charge in [0, 0.05) is 6.54 Å². The van der Waals surface area contributed by atoms with Crippen LogP contribution in [0.15, 0.2) is 6.33 Å². The minimum Gasteiger partial charge on any atom is -0.310 e. The fraction of sp³-hybridized carbons (Fsp3) is 0.818. The molecule has 1 fully saturated rings. The maximum atomic E-state index is 4.28. The van der Waals surface area contributed by atoms with Gasteiger partial charge in [0.15, 0.2) is 0 Å². The number of hydrogen-bond acceptors (Lipinski definition) is 4. The van der Waals surface area contributed by atoms with E-state index in [0.29, 0.717) is 0 Å². The zero-order chi connectivity index (χ0) is 11.2. The highest BCUT2D eigenvalue weighted by Gasteiger charge is 2.14. The summed E-state index contributed by atoms with van der Waals surface area (Å²) in [5, 5.41) is 7.71. The Kier molecular flexibility index (Phi) is 4.66. The molecular formula is C11H20N4S. The topological polar surface area (TPSA) is 42.7 Å². The highest BCUT2D eigenvalue weighted by Crippen LogP contribution is 2.22. The summed E-state index contributed by atoms with van der Waals surface area (Å²) < 4.78 is 2.00. The number of nitrogens with zero attached hydrogens (tertiary/aromatic N) is 3. The van der Waals surface area contributed by atoms with Crippen LogP contribution < -0.4 is 5.32 Å². The van der Waals surface area contributed by atoms with E-state index in [-0.39, 0.29) is 0 Å². The first kappa shape index (κ1) is 11.9. The van der Waals surface area contributed by atoms with Gasteiger partial charge in [-0.05, 0) is 36.8 Å². The molecule has 4 nitrogen and oxygen atoms in total. The highest BCUT2D eigenvalue weighted by molar-refractivity contribution is 7.99. The van der Waals surface area contributed by atoms with Crippen molar-refractivity contribution in [2.75, 3.05) is 18.1 Å². The van der Waals surface area contributed by atoms with Crippen molar-refractivity contribution in [2.24, 2.45) is 5.92 Å². The molecule has 1 aliphatic heterocycles. The molecule has 0 aromatic carbocycles. The van der Waals surface area contributed by atoms with Crippen LogP contribution in [-0.4, -0.2) is 32.8 Å². The molecule has 1 aliphatic rings. The van der Waals surface area contributed by atoms with Crippen molar-refractivity contribution in [2.45, 2.75) is 32.9 Å². The van der Waals surface area contributed by atoms with Crippen molar-refractivity contribution in [3.63, 3.8) is 0 Å². The number of rotatable bonds is 6. The first-order valence-corrected chi connectivity index (χ1v) is 7.20. The third-order valence-electron chi connectivity index (χ3n) is 2.87. The van der Waals surface area contributed by atoms with Gasteiger partial charge in [0.25, 0.3) is 0 Å². The summed E-state index contributed by atoms with van der Waals surface area (Å²) in [4.78, 5) is 4.28. The average Bonchev–Trinajstić information content (AvgIpc) is 2.91. The summed E-state index contributed by atoms with van der Waals surface area (Å²) in [7, 11) is 0. The van der Waals surface area contributed by atoms with Crippen LogP contribution in [0, 0.1) is 5.92 Å². The molecule has 0 radical (unpaired) electrons. The maximum absolute atomic E-state index is 4.28. The Labute approximate surface area is 101 Å². The smallest absolute Gasteiger partial charge is 0.140 e. The lowest BCUT2D eigenvalue weighted by atomic mass is 10.1. The lowest BCUT2D eigenvalue weighted by molar-refractivity contribution is 0.493. The molecule has 0 amide bonds. The molecule has 1 saturated heterocycles. The van der Waals surface area contributed by atoms with E-state index in [1.54, 1.807) is 6.33 Å². The average molecular weight is 240 g/mol. The van der Waals surface area contributed by atoms with Crippen molar-refractivity contribution < 1.29 is 0 Å². The largest absolute Gasteiger partial charge is 0.310 e. The summed E-state index contributed by atoms with van der Waals surface area (Å²) in [6.45, 7) is 5.10. The lowest BCUT2D eigenvalue weighted by Gasteiger charge is -2.10. The number of hydrogen-bond donors (Lipinski definition) is 1. The SMILES string of the molecule is CCCn1ncnc1CNCC1CCSC1. The molecule has 0 bridgehead atoms. The molecule has 1 atom stereocenters. The molecule has 1 aromatic rings.